The first-order valence-electron chi connectivity index (χ1n) is 16.2. The fourth-order valence-corrected chi connectivity index (χ4v) is 8.56. The minimum Gasteiger partial charge on any atom is -0.502 e. The number of phenols is 1. The normalized spacial score (nSPS) is 26.8. The largest absolute Gasteiger partial charge is 0.502 e. The van der Waals surface area contributed by atoms with Crippen molar-refractivity contribution in [1.29, 1.82) is 0 Å². The van der Waals surface area contributed by atoms with Crippen LogP contribution in [-0.4, -0.2) is 63.2 Å². The third kappa shape index (κ3) is 5.60. The molecule has 2 aliphatic heterocycles. The van der Waals surface area contributed by atoms with Crippen LogP contribution in [0, 0.1) is 29.6 Å². The molecule has 7 rings (SSSR count). The van der Waals surface area contributed by atoms with Gasteiger partial charge in [0.15, 0.2) is 17.3 Å². The van der Waals surface area contributed by atoms with Crippen LogP contribution in [0.2, 0.25) is 10.0 Å². The van der Waals surface area contributed by atoms with E-state index in [0.717, 1.165) is 0 Å². The lowest BCUT2D eigenvalue weighted by molar-refractivity contribution is -0.173. The van der Waals surface area contributed by atoms with E-state index in [1.807, 2.05) is 0 Å². The number of phenolic OH excluding ortho intramolecular Hbond substituents is 1. The quantitative estimate of drug-likeness (QED) is 0.147. The highest BCUT2D eigenvalue weighted by molar-refractivity contribution is 6.33. The number of aromatic hydroxyl groups is 1. The maximum absolute atomic E-state index is 15.1. The van der Waals surface area contributed by atoms with E-state index in [0.29, 0.717) is 39.0 Å². The highest BCUT2D eigenvalue weighted by atomic mass is 35.5. The van der Waals surface area contributed by atoms with Crippen molar-refractivity contribution in [1.82, 2.24) is 15.1 Å². The fraction of sp³-hybridized carbons (Fsp3) is 0.306. The number of alkyl halides is 3. The minimum absolute atomic E-state index is 0.0554. The van der Waals surface area contributed by atoms with E-state index in [4.69, 9.17) is 32.7 Å². The van der Waals surface area contributed by atoms with Crippen LogP contribution in [0.5, 0.6) is 17.2 Å². The number of halogens is 5. The SMILES string of the molecule is COc1cc(C=CC2C3=CCC4C(=O)N(O)C(=O)C4C3CC3C(=O)N(Nc4ncc(C(F)(F)F)cc4Cl)C(=O)C23c2ccc(Cl)cc2)cc(OC)c1O. The average Bonchev–Trinajstić information content (AvgIpc) is 3.48. The molecule has 4 aliphatic rings. The molecule has 2 aliphatic carbocycles. The lowest BCUT2D eigenvalue weighted by Crippen LogP contribution is -2.54. The zero-order valence-corrected chi connectivity index (χ0v) is 29.2. The molecule has 2 aromatic carbocycles. The van der Waals surface area contributed by atoms with Crippen molar-refractivity contribution < 1.29 is 52.1 Å². The van der Waals surface area contributed by atoms with E-state index < -0.39 is 81.2 Å². The highest BCUT2D eigenvalue weighted by Gasteiger charge is 2.69. The van der Waals surface area contributed by atoms with Crippen LogP contribution in [0.1, 0.15) is 29.5 Å². The van der Waals surface area contributed by atoms with Crippen molar-refractivity contribution in [3.05, 3.63) is 93.1 Å². The monoisotopic (exact) mass is 772 g/mol. The number of carbonyl (C=O) groups is 4. The van der Waals surface area contributed by atoms with Crippen LogP contribution >= 0.6 is 23.2 Å². The van der Waals surface area contributed by atoms with Crippen LogP contribution in [0.15, 0.2) is 66.4 Å². The summed E-state index contributed by atoms with van der Waals surface area (Å²) < 4.78 is 50.8. The molecular weight excluding hydrogens is 744 g/mol. The molecule has 17 heteroatoms. The van der Waals surface area contributed by atoms with Gasteiger partial charge in [-0.3, -0.25) is 29.8 Å². The first-order chi connectivity index (χ1) is 25.1. The molecule has 0 spiro atoms. The van der Waals surface area contributed by atoms with E-state index in [1.165, 1.54) is 26.4 Å². The van der Waals surface area contributed by atoms with Gasteiger partial charge in [-0.1, -0.05) is 59.1 Å². The lowest BCUT2D eigenvalue weighted by atomic mass is 9.50. The second kappa shape index (κ2) is 13.1. The third-order valence-corrected chi connectivity index (χ3v) is 11.1. The Labute approximate surface area is 309 Å². The molecule has 2 saturated heterocycles. The van der Waals surface area contributed by atoms with Gasteiger partial charge >= 0.3 is 6.18 Å². The molecular formula is C36H29Cl2F3N4O8. The van der Waals surface area contributed by atoms with E-state index in [-0.39, 0.29) is 35.2 Å². The topological polar surface area (TPSA) is 159 Å². The summed E-state index contributed by atoms with van der Waals surface area (Å²) in [6.45, 7) is 0. The van der Waals surface area contributed by atoms with Crippen molar-refractivity contribution >= 4 is 58.7 Å². The average molecular weight is 774 g/mol. The molecule has 1 aromatic heterocycles. The minimum atomic E-state index is -4.77. The van der Waals surface area contributed by atoms with E-state index in [9.17, 15) is 37.9 Å². The highest BCUT2D eigenvalue weighted by Crippen LogP contribution is 2.61. The number of methoxy groups -OCH3 is 2. The van der Waals surface area contributed by atoms with Crippen LogP contribution in [-0.2, 0) is 30.8 Å². The number of amides is 4. The molecule has 276 valence electrons. The van der Waals surface area contributed by atoms with Gasteiger partial charge in [0, 0.05) is 17.1 Å². The van der Waals surface area contributed by atoms with Crippen molar-refractivity contribution in [3.63, 3.8) is 0 Å². The Kier molecular flexibility index (Phi) is 8.94. The number of carbonyl (C=O) groups excluding carboxylic acids is 4. The molecule has 1 saturated carbocycles. The molecule has 53 heavy (non-hydrogen) atoms. The molecule has 6 atom stereocenters. The van der Waals surface area contributed by atoms with Crippen LogP contribution < -0.4 is 14.9 Å². The van der Waals surface area contributed by atoms with Crippen LogP contribution in [0.25, 0.3) is 6.08 Å². The molecule has 3 aromatic rings. The maximum atomic E-state index is 15.1. The first-order valence-corrected chi connectivity index (χ1v) is 16.9. The summed E-state index contributed by atoms with van der Waals surface area (Å²) in [7, 11) is 2.70. The number of aromatic nitrogens is 1. The Bertz CT molecular complexity index is 2100. The van der Waals surface area contributed by atoms with Crippen molar-refractivity contribution in [2.45, 2.75) is 24.4 Å². The van der Waals surface area contributed by atoms with Gasteiger partial charge in [-0.25, -0.2) is 4.98 Å². The number of imide groups is 2. The van der Waals surface area contributed by atoms with Gasteiger partial charge in [0.1, 0.15) is 0 Å². The van der Waals surface area contributed by atoms with Gasteiger partial charge in [-0.15, -0.1) is 0 Å². The number of hydrogen-bond donors (Lipinski definition) is 3. The summed E-state index contributed by atoms with van der Waals surface area (Å²) in [4.78, 5) is 59.8. The van der Waals surface area contributed by atoms with Crippen molar-refractivity contribution in [2.75, 3.05) is 19.6 Å². The maximum Gasteiger partial charge on any atom is 0.417 e. The summed E-state index contributed by atoms with van der Waals surface area (Å²) in [6.07, 6.45) is 0.722. The zero-order chi connectivity index (χ0) is 38.1. The van der Waals surface area contributed by atoms with E-state index in [2.05, 4.69) is 10.4 Å². The second-order valence-corrected chi connectivity index (χ2v) is 13.9. The lowest BCUT2D eigenvalue weighted by Gasteiger charge is -2.49. The van der Waals surface area contributed by atoms with Gasteiger partial charge in [0.05, 0.1) is 48.0 Å². The van der Waals surface area contributed by atoms with Crippen molar-refractivity contribution in [2.24, 2.45) is 29.6 Å². The number of nitrogens with one attached hydrogen (secondary N) is 1. The molecule has 0 radical (unpaired) electrons. The predicted molar refractivity (Wildman–Crippen MR) is 182 cm³/mol. The van der Waals surface area contributed by atoms with E-state index >= 15 is 4.79 Å². The molecule has 0 bridgehead atoms. The van der Waals surface area contributed by atoms with Gasteiger partial charge in [-0.2, -0.15) is 23.2 Å². The summed E-state index contributed by atoms with van der Waals surface area (Å²) in [5.41, 5.74) is 1.02. The molecule has 3 N–H and O–H groups in total. The number of rotatable bonds is 7. The smallest absolute Gasteiger partial charge is 0.417 e. The van der Waals surface area contributed by atoms with Gasteiger partial charge in [0.2, 0.25) is 5.75 Å². The second-order valence-electron chi connectivity index (χ2n) is 13.1. The predicted octanol–water partition coefficient (Wildman–Crippen LogP) is 6.05. The van der Waals surface area contributed by atoms with E-state index in [1.54, 1.807) is 42.5 Å². The molecule has 3 heterocycles. The number of fused-ring (bicyclic) bond motifs is 4. The summed E-state index contributed by atoms with van der Waals surface area (Å²) in [5.74, 6) is -8.69. The number of pyridine rings is 1. The Balaban J connectivity index is 1.42. The fourth-order valence-electron chi connectivity index (χ4n) is 8.23. The summed E-state index contributed by atoms with van der Waals surface area (Å²) in [6, 6.07) is 9.91. The number of hydrogen-bond acceptors (Lipinski definition) is 10. The van der Waals surface area contributed by atoms with Gasteiger partial charge in [-0.05, 0) is 60.2 Å². The summed E-state index contributed by atoms with van der Waals surface area (Å²) >= 11 is 12.5. The number of benzene rings is 2. The number of hydrazine groups is 1. The zero-order valence-electron chi connectivity index (χ0n) is 27.7. The molecule has 12 nitrogen and oxygen atoms in total. The molecule has 6 unspecified atom stereocenters. The Morgan fingerprint density at radius 1 is 0.981 bits per heavy atom. The van der Waals surface area contributed by atoms with Crippen LogP contribution in [0.3, 0.4) is 0 Å². The number of anilines is 1. The molecule has 3 fully saturated rings. The Hall–Kier alpha value is -5.12. The van der Waals surface area contributed by atoms with Gasteiger partial charge < -0.3 is 14.6 Å². The molecule has 4 amide bonds. The Morgan fingerprint density at radius 2 is 1.64 bits per heavy atom. The first kappa shape index (κ1) is 36.2. The van der Waals surface area contributed by atoms with Crippen LogP contribution in [0.4, 0.5) is 19.0 Å². The van der Waals surface area contributed by atoms with Gasteiger partial charge in [0.25, 0.3) is 23.6 Å². The number of allylic oxidation sites excluding steroid dienone is 3. The van der Waals surface area contributed by atoms with Crippen molar-refractivity contribution in [3.8, 4) is 17.2 Å². The number of hydroxylamine groups is 2. The standard InChI is InChI=1S/C36H29Cl2F3N4O8/c1-52-26-11-16(12-27(53-2)29(26)46)3-10-23-20-8-9-21-28(33(49)45(51)31(21)47)22(20)14-24-32(48)44(34(50)35(23,24)17-4-6-19(37)7-5-17)43-30-25(38)13-18(15-42-30)36(39,40)41/h3-8,10-13,15,21-24,28,46,51H,9,14H2,1-2H3,(H,42,43). The number of nitrogens with zero attached hydrogens (tertiary/aromatic N) is 3. The third-order valence-electron chi connectivity index (χ3n) is 10.6. The number of ether oxygens (including phenoxy) is 2. The Morgan fingerprint density at radius 3 is 2.25 bits per heavy atom. The summed E-state index contributed by atoms with van der Waals surface area (Å²) in [5, 5.41) is 21.5.